The molecule has 1 aliphatic heterocycles. The van der Waals surface area contributed by atoms with Gasteiger partial charge in [0.05, 0.1) is 0 Å². The topological polar surface area (TPSA) is 20.3 Å². The van der Waals surface area contributed by atoms with E-state index in [2.05, 4.69) is 12.6 Å². The maximum absolute atomic E-state index is 11.6. The molecule has 1 amide bonds. The van der Waals surface area contributed by atoms with Crippen LogP contribution in [-0.4, -0.2) is 5.91 Å². The first kappa shape index (κ1) is 9.25. The van der Waals surface area contributed by atoms with E-state index in [0.717, 1.165) is 18.5 Å². The Hall–Kier alpha value is -1.31. The minimum absolute atomic E-state index is 0.122. The largest absolute Gasteiger partial charge is 0.301 e. The Kier molecular flexibility index (Phi) is 2.53. The quantitative estimate of drug-likeness (QED) is 0.661. The molecule has 0 unspecified atom stereocenters. The van der Waals surface area contributed by atoms with Crippen molar-refractivity contribution in [3.8, 4) is 0 Å². The number of rotatable bonds is 1. The van der Waals surface area contributed by atoms with Crippen molar-refractivity contribution in [3.05, 3.63) is 36.4 Å². The van der Waals surface area contributed by atoms with Gasteiger partial charge in [-0.25, -0.2) is 0 Å². The maximum atomic E-state index is 11.6. The summed E-state index contributed by atoms with van der Waals surface area (Å²) in [5.41, 5.74) is 2.25. The molecular formula is C12H13NO. The highest BCUT2D eigenvalue weighted by molar-refractivity contribution is 5.95. The summed E-state index contributed by atoms with van der Waals surface area (Å²) in [6, 6.07) is 8.03. The van der Waals surface area contributed by atoms with E-state index in [9.17, 15) is 4.79 Å². The van der Waals surface area contributed by atoms with Crippen LogP contribution in [0.5, 0.6) is 0 Å². The Morgan fingerprint density at radius 3 is 3.07 bits per heavy atom. The molecule has 1 aromatic rings. The van der Waals surface area contributed by atoms with Crippen LogP contribution < -0.4 is 4.90 Å². The van der Waals surface area contributed by atoms with E-state index in [1.54, 1.807) is 4.90 Å². The molecule has 14 heavy (non-hydrogen) atoms. The summed E-state index contributed by atoms with van der Waals surface area (Å²) in [6.07, 6.45) is 2.35. The van der Waals surface area contributed by atoms with E-state index in [4.69, 9.17) is 0 Å². The van der Waals surface area contributed by atoms with Crippen LogP contribution >= 0.6 is 0 Å². The molecule has 0 fully saturated rings. The number of aryl methyl sites for hydroxylation is 1. The van der Waals surface area contributed by atoms with Crippen molar-refractivity contribution in [2.45, 2.75) is 26.2 Å². The van der Waals surface area contributed by atoms with Crippen LogP contribution in [0.15, 0.2) is 24.3 Å². The van der Waals surface area contributed by atoms with E-state index >= 15 is 0 Å². The first-order valence-electron chi connectivity index (χ1n) is 4.97. The molecule has 2 radical (unpaired) electrons. The van der Waals surface area contributed by atoms with Crippen molar-refractivity contribution in [3.63, 3.8) is 0 Å². The Balaban J connectivity index is 2.35. The number of nitrogens with zero attached hydrogens (tertiary/aromatic N) is 1. The van der Waals surface area contributed by atoms with Gasteiger partial charge in [0.15, 0.2) is 0 Å². The first-order chi connectivity index (χ1) is 6.83. The second-order valence-electron chi connectivity index (χ2n) is 3.37. The van der Waals surface area contributed by atoms with Crippen molar-refractivity contribution >= 4 is 11.6 Å². The molecule has 2 rings (SSSR count). The molecule has 0 saturated carbocycles. The number of fused-ring (bicyclic) bond motifs is 1. The number of carbonyl (C=O) groups excluding carboxylic acids is 1. The Morgan fingerprint density at radius 1 is 1.50 bits per heavy atom. The molecule has 0 aliphatic carbocycles. The third kappa shape index (κ3) is 1.52. The monoisotopic (exact) mass is 187 g/mol. The number of carbonyl (C=O) groups is 1. The van der Waals surface area contributed by atoms with Crippen LogP contribution in [0, 0.1) is 6.54 Å². The van der Waals surface area contributed by atoms with Gasteiger partial charge in [-0.15, -0.1) is 0 Å². The smallest absolute Gasteiger partial charge is 0.227 e. The summed E-state index contributed by atoms with van der Waals surface area (Å²) in [6.45, 7) is 4.99. The first-order valence-corrected chi connectivity index (χ1v) is 4.97. The standard InChI is InChI=1S/C12H13NO/c1-2-12(14)13-9-5-7-10-6-3-4-8-11(10)13/h3-4,6,8H,2,5,7H2,1H3. The predicted octanol–water partition coefficient (Wildman–Crippen LogP) is 2.41. The summed E-state index contributed by atoms with van der Waals surface area (Å²) in [5.74, 6) is 0.122. The number of benzene rings is 1. The van der Waals surface area contributed by atoms with E-state index in [1.807, 2.05) is 25.1 Å². The molecule has 2 heteroatoms. The highest BCUT2D eigenvalue weighted by Crippen LogP contribution is 2.28. The van der Waals surface area contributed by atoms with Gasteiger partial charge in [0.2, 0.25) is 5.91 Å². The van der Waals surface area contributed by atoms with Crippen molar-refractivity contribution in [2.75, 3.05) is 4.90 Å². The predicted molar refractivity (Wildman–Crippen MR) is 55.8 cm³/mol. The minimum atomic E-state index is 0.122. The second kappa shape index (κ2) is 3.82. The van der Waals surface area contributed by atoms with E-state index in [1.165, 1.54) is 5.56 Å². The molecule has 0 bridgehead atoms. The molecule has 72 valence electrons. The van der Waals surface area contributed by atoms with Crippen LogP contribution in [0.3, 0.4) is 0 Å². The summed E-state index contributed by atoms with van der Waals surface area (Å²) in [4.78, 5) is 13.3. The summed E-state index contributed by atoms with van der Waals surface area (Å²) in [7, 11) is 0. The van der Waals surface area contributed by atoms with Crippen molar-refractivity contribution in [2.24, 2.45) is 0 Å². The lowest BCUT2D eigenvalue weighted by atomic mass is 10.0. The average Bonchev–Trinajstić information content (AvgIpc) is 2.27. The zero-order valence-corrected chi connectivity index (χ0v) is 8.29. The molecule has 0 atom stereocenters. The van der Waals surface area contributed by atoms with Gasteiger partial charge >= 0.3 is 0 Å². The number of hydrogen-bond donors (Lipinski definition) is 0. The molecule has 2 nitrogen and oxygen atoms in total. The third-order valence-corrected chi connectivity index (χ3v) is 2.45. The highest BCUT2D eigenvalue weighted by Gasteiger charge is 2.21. The molecule has 1 aliphatic rings. The van der Waals surface area contributed by atoms with Gasteiger partial charge in [0.1, 0.15) is 6.54 Å². The van der Waals surface area contributed by atoms with Crippen LogP contribution in [0.4, 0.5) is 5.69 Å². The normalized spacial score (nSPS) is 15.1. The fourth-order valence-corrected chi connectivity index (χ4v) is 1.71. The molecule has 0 aromatic heterocycles. The Labute approximate surface area is 84.5 Å². The summed E-state index contributed by atoms with van der Waals surface area (Å²) in [5, 5.41) is 0. The van der Waals surface area contributed by atoms with Gasteiger partial charge in [0, 0.05) is 12.1 Å². The van der Waals surface area contributed by atoms with Gasteiger partial charge in [-0.2, -0.15) is 0 Å². The average molecular weight is 187 g/mol. The van der Waals surface area contributed by atoms with E-state index < -0.39 is 0 Å². The van der Waals surface area contributed by atoms with E-state index in [-0.39, 0.29) is 5.91 Å². The number of amides is 1. The summed E-state index contributed by atoms with van der Waals surface area (Å²) >= 11 is 0. The van der Waals surface area contributed by atoms with Crippen LogP contribution in [0.2, 0.25) is 0 Å². The lowest BCUT2D eigenvalue weighted by molar-refractivity contribution is -0.118. The fourth-order valence-electron chi connectivity index (χ4n) is 1.71. The van der Waals surface area contributed by atoms with Crippen molar-refractivity contribution < 1.29 is 4.79 Å². The van der Waals surface area contributed by atoms with Crippen LogP contribution in [0.25, 0.3) is 0 Å². The fraction of sp³-hybridized carbons (Fsp3) is 0.333. The molecule has 0 saturated heterocycles. The number of para-hydroxylation sites is 1. The zero-order chi connectivity index (χ0) is 9.97. The molecule has 0 N–H and O–H groups in total. The summed E-state index contributed by atoms with van der Waals surface area (Å²) < 4.78 is 0. The van der Waals surface area contributed by atoms with Gasteiger partial charge in [-0.3, -0.25) is 4.79 Å². The maximum Gasteiger partial charge on any atom is 0.227 e. The number of hydrogen-bond acceptors (Lipinski definition) is 1. The Bertz CT molecular complexity index is 346. The van der Waals surface area contributed by atoms with Gasteiger partial charge in [-0.1, -0.05) is 25.1 Å². The van der Waals surface area contributed by atoms with Crippen molar-refractivity contribution in [1.29, 1.82) is 0 Å². The van der Waals surface area contributed by atoms with Gasteiger partial charge in [-0.05, 0) is 24.5 Å². The van der Waals surface area contributed by atoms with Crippen LogP contribution in [0.1, 0.15) is 25.3 Å². The molecular weight excluding hydrogens is 174 g/mol. The Morgan fingerprint density at radius 2 is 2.29 bits per heavy atom. The zero-order valence-electron chi connectivity index (χ0n) is 8.29. The van der Waals surface area contributed by atoms with Crippen LogP contribution in [-0.2, 0) is 11.2 Å². The second-order valence-corrected chi connectivity index (χ2v) is 3.37. The minimum Gasteiger partial charge on any atom is -0.301 e. The van der Waals surface area contributed by atoms with E-state index in [0.29, 0.717) is 6.42 Å². The van der Waals surface area contributed by atoms with Crippen molar-refractivity contribution in [1.82, 2.24) is 0 Å². The molecule has 0 spiro atoms. The third-order valence-electron chi connectivity index (χ3n) is 2.45. The van der Waals surface area contributed by atoms with Gasteiger partial charge in [0.25, 0.3) is 0 Å². The number of anilines is 1. The lowest BCUT2D eigenvalue weighted by Gasteiger charge is -2.27. The molecule has 1 heterocycles. The SMILES string of the molecule is CCC(=O)N1[C]CCc2ccccc21. The molecule has 1 aromatic carbocycles. The van der Waals surface area contributed by atoms with Gasteiger partial charge < -0.3 is 4.90 Å². The lowest BCUT2D eigenvalue weighted by Crippen LogP contribution is -2.31. The highest BCUT2D eigenvalue weighted by atomic mass is 16.2.